The second-order valence-corrected chi connectivity index (χ2v) is 6.14. The molecule has 0 bridgehead atoms. The van der Waals surface area contributed by atoms with E-state index in [4.69, 9.17) is 0 Å². The molecule has 2 rings (SSSR count). The van der Waals surface area contributed by atoms with Crippen molar-refractivity contribution < 1.29 is 9.90 Å². The first-order chi connectivity index (χ1) is 10.0. The van der Waals surface area contributed by atoms with Gasteiger partial charge >= 0.3 is 0 Å². The molecule has 0 atom stereocenters. The predicted molar refractivity (Wildman–Crippen MR) is 82.3 cm³/mol. The monoisotopic (exact) mass is 293 g/mol. The fourth-order valence-corrected chi connectivity index (χ4v) is 3.00. The molecule has 1 aliphatic carbocycles. The number of nitrogens with zero attached hydrogens (tertiary/aromatic N) is 2. The van der Waals surface area contributed by atoms with Gasteiger partial charge in [0.15, 0.2) is 0 Å². The fourth-order valence-electron chi connectivity index (χ4n) is 3.00. The van der Waals surface area contributed by atoms with Gasteiger partial charge in [0, 0.05) is 12.2 Å². The summed E-state index contributed by atoms with van der Waals surface area (Å²) in [6.07, 6.45) is 7.69. The van der Waals surface area contributed by atoms with Gasteiger partial charge in [-0.1, -0.05) is 26.7 Å². The Hall–Kier alpha value is -1.36. The Morgan fingerprint density at radius 1 is 1.43 bits per heavy atom. The molecule has 5 heteroatoms. The number of nitrogens with one attached hydrogen (secondary N) is 1. The van der Waals surface area contributed by atoms with E-state index >= 15 is 0 Å². The van der Waals surface area contributed by atoms with Crippen LogP contribution in [0.1, 0.15) is 74.5 Å². The zero-order chi connectivity index (χ0) is 15.5. The minimum atomic E-state index is -0.814. The lowest BCUT2D eigenvalue weighted by atomic mass is 9.97. The molecule has 2 N–H and O–H groups in total. The Labute approximate surface area is 126 Å². The molecule has 1 saturated carbocycles. The highest BCUT2D eigenvalue weighted by molar-refractivity contribution is 5.95. The Kier molecular flexibility index (Phi) is 5.04. The van der Waals surface area contributed by atoms with Gasteiger partial charge in [-0.3, -0.25) is 9.48 Å². The number of hydrogen-bond acceptors (Lipinski definition) is 3. The van der Waals surface area contributed by atoms with E-state index in [0.717, 1.165) is 18.5 Å². The zero-order valence-electron chi connectivity index (χ0n) is 13.4. The highest BCUT2D eigenvalue weighted by atomic mass is 16.3. The molecule has 1 fully saturated rings. The maximum Gasteiger partial charge on any atom is 0.254 e. The van der Waals surface area contributed by atoms with E-state index in [1.165, 1.54) is 12.8 Å². The van der Waals surface area contributed by atoms with Crippen molar-refractivity contribution in [3.8, 4) is 0 Å². The van der Waals surface area contributed by atoms with E-state index in [-0.39, 0.29) is 12.5 Å². The molecular formula is C16H27N3O2. The van der Waals surface area contributed by atoms with Crippen molar-refractivity contribution in [1.82, 2.24) is 15.1 Å². The van der Waals surface area contributed by atoms with Crippen molar-refractivity contribution in [2.45, 2.75) is 70.9 Å². The van der Waals surface area contributed by atoms with Gasteiger partial charge in [-0.25, -0.2) is 0 Å². The van der Waals surface area contributed by atoms with Gasteiger partial charge in [0.25, 0.3) is 5.91 Å². The third-order valence-electron chi connectivity index (χ3n) is 4.85. The minimum absolute atomic E-state index is 0.142. The first kappa shape index (κ1) is 16.0. The average Bonchev–Trinajstić information content (AvgIpc) is 3.13. The summed E-state index contributed by atoms with van der Waals surface area (Å²) in [4.78, 5) is 12.3. The first-order valence-electron chi connectivity index (χ1n) is 8.05. The number of rotatable bonds is 6. The van der Waals surface area contributed by atoms with Crippen LogP contribution >= 0.6 is 0 Å². The van der Waals surface area contributed by atoms with E-state index in [2.05, 4.69) is 10.4 Å². The lowest BCUT2D eigenvalue weighted by molar-refractivity contribution is 0.0314. The van der Waals surface area contributed by atoms with Crippen LogP contribution < -0.4 is 5.32 Å². The molecule has 5 nitrogen and oxygen atoms in total. The summed E-state index contributed by atoms with van der Waals surface area (Å²) in [7, 11) is 0. The van der Waals surface area contributed by atoms with E-state index in [9.17, 15) is 9.90 Å². The van der Waals surface area contributed by atoms with Crippen LogP contribution in [0.2, 0.25) is 0 Å². The lowest BCUT2D eigenvalue weighted by Crippen LogP contribution is -2.42. The summed E-state index contributed by atoms with van der Waals surface area (Å²) in [5, 5.41) is 17.5. The fraction of sp³-hybridized carbons (Fsp3) is 0.750. The number of amides is 1. The zero-order valence-corrected chi connectivity index (χ0v) is 13.4. The summed E-state index contributed by atoms with van der Waals surface area (Å²) < 4.78 is 1.99. The van der Waals surface area contributed by atoms with Crippen LogP contribution in [0.5, 0.6) is 0 Å². The topological polar surface area (TPSA) is 67.2 Å². The van der Waals surface area contributed by atoms with Crippen molar-refractivity contribution >= 4 is 5.91 Å². The largest absolute Gasteiger partial charge is 0.388 e. The van der Waals surface area contributed by atoms with E-state index in [0.29, 0.717) is 24.4 Å². The molecule has 1 aliphatic rings. The summed E-state index contributed by atoms with van der Waals surface area (Å²) in [6.45, 7) is 6.09. The number of aliphatic hydroxyl groups is 1. The normalized spacial score (nSPS) is 16.4. The third-order valence-corrected chi connectivity index (χ3v) is 4.85. The maximum absolute atomic E-state index is 12.3. The molecular weight excluding hydrogens is 266 g/mol. The molecule has 1 aromatic heterocycles. The molecule has 0 aromatic carbocycles. The quantitative estimate of drug-likeness (QED) is 0.847. The van der Waals surface area contributed by atoms with Gasteiger partial charge in [0.2, 0.25) is 0 Å². The van der Waals surface area contributed by atoms with Crippen molar-refractivity contribution in [1.29, 1.82) is 0 Å². The molecule has 0 unspecified atom stereocenters. The van der Waals surface area contributed by atoms with E-state index in [1.807, 2.05) is 25.5 Å². The first-order valence-corrected chi connectivity index (χ1v) is 8.05. The Bertz CT molecular complexity index is 486. The lowest BCUT2D eigenvalue weighted by Gasteiger charge is -2.25. The van der Waals surface area contributed by atoms with Gasteiger partial charge in [-0.2, -0.15) is 5.10 Å². The van der Waals surface area contributed by atoms with E-state index < -0.39 is 5.60 Å². The van der Waals surface area contributed by atoms with Crippen LogP contribution in [0.25, 0.3) is 0 Å². The van der Waals surface area contributed by atoms with Crippen LogP contribution in [0.15, 0.2) is 6.20 Å². The number of carbonyl (C=O) groups excluding carboxylic acids is 1. The number of aromatic nitrogens is 2. The van der Waals surface area contributed by atoms with Crippen molar-refractivity contribution in [2.75, 3.05) is 6.54 Å². The predicted octanol–water partition coefficient (Wildman–Crippen LogP) is 2.59. The number of carbonyl (C=O) groups is 1. The summed E-state index contributed by atoms with van der Waals surface area (Å²) >= 11 is 0. The molecule has 0 radical (unpaired) electrons. The SMILES string of the molecule is CCC(O)(CC)CNC(=O)c1cnn(C2CCCC2)c1C. The van der Waals surface area contributed by atoms with Crippen LogP contribution in [0.3, 0.4) is 0 Å². The van der Waals surface area contributed by atoms with Crippen molar-refractivity contribution in [3.63, 3.8) is 0 Å². The summed E-state index contributed by atoms with van der Waals surface area (Å²) in [5.41, 5.74) is 0.734. The Morgan fingerprint density at radius 2 is 2.05 bits per heavy atom. The molecule has 118 valence electrons. The Balaban J connectivity index is 2.03. The van der Waals surface area contributed by atoms with Gasteiger partial charge in [0.1, 0.15) is 0 Å². The van der Waals surface area contributed by atoms with E-state index in [1.54, 1.807) is 6.20 Å². The van der Waals surface area contributed by atoms with Gasteiger partial charge in [-0.05, 0) is 32.6 Å². The Morgan fingerprint density at radius 3 is 2.62 bits per heavy atom. The van der Waals surface area contributed by atoms with Crippen LogP contribution in [0.4, 0.5) is 0 Å². The highest BCUT2D eigenvalue weighted by Crippen LogP contribution is 2.30. The molecule has 0 spiro atoms. The van der Waals surface area contributed by atoms with Crippen molar-refractivity contribution in [3.05, 3.63) is 17.5 Å². The molecule has 0 saturated heterocycles. The number of hydrogen-bond donors (Lipinski definition) is 2. The van der Waals surface area contributed by atoms with Crippen molar-refractivity contribution in [2.24, 2.45) is 0 Å². The molecule has 21 heavy (non-hydrogen) atoms. The van der Waals surface area contributed by atoms with Crippen LogP contribution in [-0.4, -0.2) is 32.9 Å². The van der Waals surface area contributed by atoms with Gasteiger partial charge in [-0.15, -0.1) is 0 Å². The third kappa shape index (κ3) is 3.46. The second kappa shape index (κ2) is 6.60. The smallest absolute Gasteiger partial charge is 0.254 e. The minimum Gasteiger partial charge on any atom is -0.388 e. The highest BCUT2D eigenvalue weighted by Gasteiger charge is 2.25. The average molecular weight is 293 g/mol. The van der Waals surface area contributed by atoms with Crippen LogP contribution in [0, 0.1) is 6.92 Å². The molecule has 1 aromatic rings. The second-order valence-electron chi connectivity index (χ2n) is 6.14. The summed E-state index contributed by atoms with van der Waals surface area (Å²) in [5.74, 6) is -0.142. The summed E-state index contributed by atoms with van der Waals surface area (Å²) in [6, 6.07) is 0.440. The standard InChI is InChI=1S/C16H27N3O2/c1-4-16(21,5-2)11-17-15(20)14-10-18-19(12(14)3)13-8-6-7-9-13/h10,13,21H,4-9,11H2,1-3H3,(H,17,20). The van der Waals surface area contributed by atoms with Gasteiger partial charge in [0.05, 0.1) is 23.4 Å². The molecule has 0 aliphatic heterocycles. The maximum atomic E-state index is 12.3. The van der Waals surface area contributed by atoms with Gasteiger partial charge < -0.3 is 10.4 Å². The molecule has 1 heterocycles. The molecule has 1 amide bonds. The van der Waals surface area contributed by atoms with Crippen LogP contribution in [-0.2, 0) is 0 Å².